The van der Waals surface area contributed by atoms with Gasteiger partial charge in [-0.2, -0.15) is 0 Å². The van der Waals surface area contributed by atoms with Crippen LogP contribution in [-0.2, 0) is 17.6 Å². The Morgan fingerprint density at radius 1 is 0.966 bits per heavy atom. The number of nitrogens with two attached hydrogens (primary N) is 1. The van der Waals surface area contributed by atoms with Crippen LogP contribution in [0.4, 0.5) is 5.69 Å². The molecule has 1 aromatic rings. The number of hydrogen-bond acceptors (Lipinski definition) is 6. The van der Waals surface area contributed by atoms with Crippen LogP contribution in [-0.4, -0.2) is 76.3 Å². The normalized spacial score (nSPS) is 16.3. The molecule has 0 spiro atoms. The van der Waals surface area contributed by atoms with Gasteiger partial charge >= 0.3 is 0 Å². The first-order valence-electron chi connectivity index (χ1n) is 23.7. The van der Waals surface area contributed by atoms with Crippen molar-refractivity contribution >= 4 is 5.69 Å². The molecule has 1 saturated carbocycles. The van der Waals surface area contributed by atoms with Crippen molar-refractivity contribution in [3.63, 3.8) is 0 Å². The third-order valence-electron chi connectivity index (χ3n) is 11.1. The number of hydrogen-bond donors (Lipinski definition) is 3. The lowest BCUT2D eigenvalue weighted by Crippen LogP contribution is -2.57. The number of likely N-dealkylation sites (N-methyl/N-ethyl adjacent to an activating group) is 1. The first kappa shape index (κ1) is 58.2. The molecule has 0 radical (unpaired) electrons. The van der Waals surface area contributed by atoms with Crippen LogP contribution in [0.25, 0.3) is 0 Å². The van der Waals surface area contributed by atoms with Gasteiger partial charge in [0.2, 0.25) is 0 Å². The van der Waals surface area contributed by atoms with Crippen molar-refractivity contribution in [2.45, 2.75) is 166 Å². The summed E-state index contributed by atoms with van der Waals surface area (Å²) in [5.74, 6) is 1.65. The highest BCUT2D eigenvalue weighted by Crippen LogP contribution is 2.27. The minimum atomic E-state index is 0.584. The van der Waals surface area contributed by atoms with Crippen LogP contribution in [0.15, 0.2) is 88.9 Å². The summed E-state index contributed by atoms with van der Waals surface area (Å²) in [5, 5.41) is 6.96. The molecular weight excluding hydrogens is 723 g/mol. The highest BCUT2D eigenvalue weighted by molar-refractivity contribution is 5.56. The molecule has 340 valence electrons. The smallest absolute Gasteiger partial charge is 0.102 e. The topological polar surface area (TPSA) is 65.8 Å². The van der Waals surface area contributed by atoms with Crippen LogP contribution in [0.1, 0.15) is 158 Å². The summed E-state index contributed by atoms with van der Waals surface area (Å²) < 4.78 is 5.58. The lowest BCUT2D eigenvalue weighted by molar-refractivity contribution is 0.144. The third kappa shape index (κ3) is 24.2. The second-order valence-corrected chi connectivity index (χ2v) is 15.7. The van der Waals surface area contributed by atoms with Crippen molar-refractivity contribution in [2.24, 2.45) is 11.7 Å². The van der Waals surface area contributed by atoms with Gasteiger partial charge in [0.05, 0.1) is 7.11 Å². The van der Waals surface area contributed by atoms with Gasteiger partial charge in [0.15, 0.2) is 0 Å². The van der Waals surface area contributed by atoms with E-state index in [1.807, 2.05) is 27.7 Å². The Morgan fingerprint density at radius 2 is 1.58 bits per heavy atom. The van der Waals surface area contributed by atoms with Crippen molar-refractivity contribution < 1.29 is 4.74 Å². The van der Waals surface area contributed by atoms with E-state index in [2.05, 4.69) is 138 Å². The molecule has 0 amide bonds. The molecule has 1 atom stereocenters. The second-order valence-electron chi connectivity index (χ2n) is 15.7. The number of benzene rings is 1. The van der Waals surface area contributed by atoms with Gasteiger partial charge in [-0.25, -0.2) is 0 Å². The molecule has 3 aliphatic rings. The summed E-state index contributed by atoms with van der Waals surface area (Å²) in [4.78, 5) is 4.98. The maximum absolute atomic E-state index is 5.58. The lowest BCUT2D eigenvalue weighted by atomic mass is 9.93. The number of methoxy groups -OCH3 is 1. The summed E-state index contributed by atoms with van der Waals surface area (Å²) in [6.45, 7) is 40.7. The Hall–Kier alpha value is -2.90. The first-order chi connectivity index (χ1) is 28.5. The van der Waals surface area contributed by atoms with E-state index in [1.54, 1.807) is 7.11 Å². The lowest BCUT2D eigenvalue weighted by Gasteiger charge is -2.38. The van der Waals surface area contributed by atoms with Crippen LogP contribution in [0.5, 0.6) is 0 Å². The molecule has 1 aromatic carbocycles. The van der Waals surface area contributed by atoms with E-state index in [0.29, 0.717) is 5.92 Å². The maximum Gasteiger partial charge on any atom is 0.102 e. The molecule has 2 fully saturated rings. The Labute approximate surface area is 368 Å². The fourth-order valence-electron chi connectivity index (χ4n) is 7.11. The van der Waals surface area contributed by atoms with Crippen molar-refractivity contribution in [1.29, 1.82) is 0 Å². The summed E-state index contributed by atoms with van der Waals surface area (Å²) >= 11 is 0. The van der Waals surface area contributed by atoms with Gasteiger partial charge in [-0.3, -0.25) is 4.90 Å². The first-order valence-corrected chi connectivity index (χ1v) is 23.7. The number of nitrogens with one attached hydrogen (secondary N) is 2. The highest BCUT2D eigenvalue weighted by atomic mass is 16.5. The predicted octanol–water partition coefficient (Wildman–Crippen LogP) is 13.4. The highest BCUT2D eigenvalue weighted by Gasteiger charge is 2.23. The standard InChI is InChI=1S/C22H37N3.C21H33NO.C5H10.2C2H6.CH5N/c1-5-9-18(4)24-22-12-11-19(15-20(22)7-3)10-8-14-25(13-6-2)21-16-23-17-21;1-9-16(4)17(5)12-19(15(2)3)13-18(6)20-14-22(7)11-10-21(20)23-8;1-2-4-5-3-1;3*1-2/h9,11-12,15,21,23-24H,5-8,10,13-14,16-17H2,1-4H3;12-13,16H,2,6,9-11,14H2,1,3-5,7-8H3;1-5H2;2*1-2H3;2H2,1H3/b18-9-;17-12-,19-13+;;;;. The second kappa shape index (κ2) is 36.9. The largest absolute Gasteiger partial charge is 0.501 e. The average Bonchev–Trinajstić information content (AvgIpc) is 3.83. The monoisotopic (exact) mass is 820 g/mol. The molecule has 1 unspecified atom stereocenters. The zero-order valence-electron chi connectivity index (χ0n) is 41.6. The summed E-state index contributed by atoms with van der Waals surface area (Å²) in [5.41, 5.74) is 15.8. The van der Waals surface area contributed by atoms with Crippen molar-refractivity contribution in [3.05, 3.63) is 100 Å². The van der Waals surface area contributed by atoms with E-state index in [9.17, 15) is 0 Å². The van der Waals surface area contributed by atoms with Crippen molar-refractivity contribution in [2.75, 3.05) is 65.8 Å². The van der Waals surface area contributed by atoms with Gasteiger partial charge in [-0.1, -0.05) is 143 Å². The van der Waals surface area contributed by atoms with E-state index < -0.39 is 0 Å². The Balaban J connectivity index is 0. The van der Waals surface area contributed by atoms with Gasteiger partial charge in [0.25, 0.3) is 0 Å². The van der Waals surface area contributed by atoms with Crippen LogP contribution in [0.2, 0.25) is 0 Å². The molecule has 1 saturated heterocycles. The number of aryl methyl sites for hydroxylation is 2. The van der Waals surface area contributed by atoms with E-state index in [4.69, 9.17) is 4.74 Å². The van der Waals surface area contributed by atoms with Crippen molar-refractivity contribution in [1.82, 2.24) is 15.1 Å². The SMILES string of the molecule is C1CCCC1.C=C(/C=C(\C=C(\C)C(C)CC)C(=C)C)C1=C(OC)CCN(C)C1.CC.CC.CC/C=C(/C)Nc1ccc(CCCN(CCC)C2CNC2)cc1CC.CN. The predicted molar refractivity (Wildman–Crippen MR) is 268 cm³/mol. The number of allylic oxidation sites excluding steroid dienone is 7. The summed E-state index contributed by atoms with van der Waals surface area (Å²) in [7, 11) is 5.39. The van der Waals surface area contributed by atoms with Crippen LogP contribution in [0.3, 0.4) is 0 Å². The van der Waals surface area contributed by atoms with E-state index in [1.165, 1.54) is 118 Å². The van der Waals surface area contributed by atoms with Crippen LogP contribution >= 0.6 is 0 Å². The van der Waals surface area contributed by atoms with Gasteiger partial charge < -0.3 is 26.0 Å². The molecule has 6 heteroatoms. The molecular formula is C53H97N5O. The molecule has 2 heterocycles. The van der Waals surface area contributed by atoms with Crippen LogP contribution < -0.4 is 16.4 Å². The Kier molecular flexibility index (Phi) is 36.4. The molecule has 4 N–H and O–H groups in total. The number of anilines is 1. The van der Waals surface area contributed by atoms with E-state index in [0.717, 1.165) is 67.3 Å². The quantitative estimate of drug-likeness (QED) is 0.128. The average molecular weight is 820 g/mol. The molecule has 1 aliphatic carbocycles. The number of rotatable bonds is 18. The summed E-state index contributed by atoms with van der Waals surface area (Å²) in [6, 6.07) is 7.74. The molecule has 0 aromatic heterocycles. The maximum atomic E-state index is 5.58. The number of nitrogens with zero attached hydrogens (tertiary/aromatic N) is 2. The van der Waals surface area contributed by atoms with Crippen molar-refractivity contribution in [3.8, 4) is 0 Å². The molecule has 59 heavy (non-hydrogen) atoms. The fraction of sp³-hybridized carbons (Fsp3) is 0.660. The third-order valence-corrected chi connectivity index (χ3v) is 11.1. The zero-order valence-corrected chi connectivity index (χ0v) is 41.6. The number of ether oxygens (including phenoxy) is 1. The molecule has 0 bridgehead atoms. The van der Waals surface area contributed by atoms with E-state index in [-0.39, 0.29) is 0 Å². The van der Waals surface area contributed by atoms with Gasteiger partial charge in [-0.15, -0.1) is 0 Å². The van der Waals surface area contributed by atoms with E-state index >= 15 is 0 Å². The minimum absolute atomic E-state index is 0.584. The van der Waals surface area contributed by atoms with Gasteiger partial charge in [0.1, 0.15) is 5.76 Å². The molecule has 4 rings (SSSR count). The minimum Gasteiger partial charge on any atom is -0.501 e. The molecule has 2 aliphatic heterocycles. The Bertz CT molecular complexity index is 1370. The van der Waals surface area contributed by atoms with Crippen LogP contribution in [0, 0.1) is 5.92 Å². The zero-order chi connectivity index (χ0) is 45.2. The molecule has 6 nitrogen and oxygen atoms in total. The fourth-order valence-corrected chi connectivity index (χ4v) is 7.11. The summed E-state index contributed by atoms with van der Waals surface area (Å²) in [6.07, 6.45) is 22.1. The van der Waals surface area contributed by atoms with Gasteiger partial charge in [-0.05, 0) is 127 Å². The Morgan fingerprint density at radius 3 is 2.05 bits per heavy atom. The van der Waals surface area contributed by atoms with Gasteiger partial charge in [0, 0.05) is 55.6 Å².